The zero-order chi connectivity index (χ0) is 24.2. The monoisotopic (exact) mass is 479 g/mol. The summed E-state index contributed by atoms with van der Waals surface area (Å²) in [6, 6.07) is 14.9. The van der Waals surface area contributed by atoms with E-state index in [1.165, 1.54) is 11.3 Å². The molecular weight excluding hydrogens is 450 g/mol. The fourth-order valence-corrected chi connectivity index (χ4v) is 4.76. The SMILES string of the molecule is CC(C)(C#N)c1ccc(-c2cc(C(N)=O)c(Nc3ccnc(OCC[Si](C)(C)C)n3)s2)cc1. The molecule has 0 radical (unpaired) electrons. The predicted octanol–water partition coefficient (Wildman–Crippen LogP) is 5.57. The Hall–Kier alpha value is -3.22. The number of carbonyl (C=O) groups excluding carboxylic acids is 1. The van der Waals surface area contributed by atoms with Crippen LogP contribution in [0, 0.1) is 11.3 Å². The molecule has 9 heteroatoms. The van der Waals surface area contributed by atoms with Crippen molar-refractivity contribution in [3.05, 3.63) is 53.7 Å². The number of rotatable bonds is 9. The zero-order valence-corrected chi connectivity index (χ0v) is 21.4. The second-order valence-electron chi connectivity index (χ2n) is 9.54. The lowest BCUT2D eigenvalue weighted by Gasteiger charge is -2.15. The van der Waals surface area contributed by atoms with Gasteiger partial charge in [-0.15, -0.1) is 11.3 Å². The van der Waals surface area contributed by atoms with E-state index in [-0.39, 0.29) is 0 Å². The van der Waals surface area contributed by atoms with E-state index in [1.54, 1.807) is 18.3 Å². The Kier molecular flexibility index (Phi) is 7.20. The molecule has 3 aromatic rings. The van der Waals surface area contributed by atoms with Gasteiger partial charge in [-0.05, 0) is 43.2 Å². The number of hydrogen-bond acceptors (Lipinski definition) is 7. The van der Waals surface area contributed by atoms with Crippen LogP contribution in [0.1, 0.15) is 29.8 Å². The molecule has 172 valence electrons. The summed E-state index contributed by atoms with van der Waals surface area (Å²) in [6.45, 7) is 11.2. The Morgan fingerprint density at radius 2 is 1.94 bits per heavy atom. The molecule has 3 rings (SSSR count). The quantitative estimate of drug-likeness (QED) is 0.388. The smallest absolute Gasteiger partial charge is 0.318 e. The molecule has 1 aromatic carbocycles. The van der Waals surface area contributed by atoms with Crippen LogP contribution < -0.4 is 15.8 Å². The first-order chi connectivity index (χ1) is 15.5. The molecule has 0 saturated carbocycles. The Labute approximate surface area is 199 Å². The number of primary amides is 1. The summed E-state index contributed by atoms with van der Waals surface area (Å²) in [5, 5.41) is 13.1. The van der Waals surface area contributed by atoms with Gasteiger partial charge in [0.15, 0.2) is 0 Å². The Morgan fingerprint density at radius 3 is 2.55 bits per heavy atom. The Bertz CT molecular complexity index is 1180. The Balaban J connectivity index is 1.82. The highest BCUT2D eigenvalue weighted by molar-refractivity contribution is 7.19. The lowest BCUT2D eigenvalue weighted by molar-refractivity contribution is 0.100. The fourth-order valence-electron chi connectivity index (χ4n) is 2.97. The summed E-state index contributed by atoms with van der Waals surface area (Å²) < 4.78 is 5.72. The molecule has 0 spiro atoms. The summed E-state index contributed by atoms with van der Waals surface area (Å²) in [6.07, 6.45) is 1.62. The normalized spacial score (nSPS) is 11.6. The van der Waals surface area contributed by atoms with Crippen molar-refractivity contribution in [3.8, 4) is 22.5 Å². The van der Waals surface area contributed by atoms with Crippen LogP contribution in [0.2, 0.25) is 25.7 Å². The molecule has 0 aliphatic rings. The number of ether oxygens (including phenoxy) is 1. The van der Waals surface area contributed by atoms with Crippen LogP contribution in [0.3, 0.4) is 0 Å². The number of nitrogens with two attached hydrogens (primary N) is 1. The predicted molar refractivity (Wildman–Crippen MR) is 136 cm³/mol. The van der Waals surface area contributed by atoms with Crippen LogP contribution in [0.15, 0.2) is 42.6 Å². The molecule has 0 bridgehead atoms. The van der Waals surface area contributed by atoms with Crippen LogP contribution in [0.4, 0.5) is 10.8 Å². The van der Waals surface area contributed by atoms with Gasteiger partial charge in [0.25, 0.3) is 5.91 Å². The molecule has 7 nitrogen and oxygen atoms in total. The molecule has 0 aliphatic carbocycles. The maximum absolute atomic E-state index is 12.1. The number of nitrogens with zero attached hydrogens (tertiary/aromatic N) is 3. The van der Waals surface area contributed by atoms with Crippen LogP contribution in [0.5, 0.6) is 6.01 Å². The first kappa shape index (κ1) is 24.4. The number of aromatic nitrogens is 2. The van der Waals surface area contributed by atoms with E-state index in [0.29, 0.717) is 29.0 Å². The summed E-state index contributed by atoms with van der Waals surface area (Å²) in [5.74, 6) is -0.00193. The number of benzene rings is 1. The van der Waals surface area contributed by atoms with Crippen LogP contribution >= 0.6 is 11.3 Å². The van der Waals surface area contributed by atoms with Crippen molar-refractivity contribution in [2.45, 2.75) is 44.9 Å². The Morgan fingerprint density at radius 1 is 1.24 bits per heavy atom. The third-order valence-corrected chi connectivity index (χ3v) is 7.93. The molecule has 0 unspecified atom stereocenters. The van der Waals surface area contributed by atoms with Crippen LogP contribution in [-0.4, -0.2) is 30.6 Å². The van der Waals surface area contributed by atoms with E-state index in [4.69, 9.17) is 10.5 Å². The van der Waals surface area contributed by atoms with E-state index in [9.17, 15) is 10.1 Å². The molecule has 0 aliphatic heterocycles. The highest BCUT2D eigenvalue weighted by Crippen LogP contribution is 2.37. The lowest BCUT2D eigenvalue weighted by atomic mass is 9.86. The number of thiophene rings is 1. The van der Waals surface area contributed by atoms with Crippen molar-refractivity contribution >= 4 is 36.1 Å². The average Bonchev–Trinajstić information content (AvgIpc) is 3.17. The lowest BCUT2D eigenvalue weighted by Crippen LogP contribution is -2.22. The van der Waals surface area contributed by atoms with Gasteiger partial charge in [-0.2, -0.15) is 10.2 Å². The highest BCUT2D eigenvalue weighted by Gasteiger charge is 2.20. The van der Waals surface area contributed by atoms with Crippen molar-refractivity contribution in [1.29, 1.82) is 5.26 Å². The maximum Gasteiger partial charge on any atom is 0.318 e. The number of anilines is 2. The number of nitrogens with one attached hydrogen (secondary N) is 1. The maximum atomic E-state index is 12.1. The average molecular weight is 480 g/mol. The summed E-state index contributed by atoms with van der Waals surface area (Å²) in [5.41, 5.74) is 7.32. The third-order valence-electron chi connectivity index (χ3n) is 5.13. The fraction of sp³-hybridized carbons (Fsp3) is 0.333. The van der Waals surface area contributed by atoms with Crippen molar-refractivity contribution in [2.75, 3.05) is 11.9 Å². The summed E-state index contributed by atoms with van der Waals surface area (Å²) in [7, 11) is -1.21. The molecule has 0 saturated heterocycles. The number of amides is 1. The highest BCUT2D eigenvalue weighted by atomic mass is 32.1. The second-order valence-corrected chi connectivity index (χ2v) is 16.2. The molecule has 0 atom stereocenters. The first-order valence-electron chi connectivity index (χ1n) is 10.7. The minimum absolute atomic E-state index is 0.298. The summed E-state index contributed by atoms with van der Waals surface area (Å²) >= 11 is 1.41. The number of nitriles is 1. The molecule has 2 heterocycles. The molecule has 33 heavy (non-hydrogen) atoms. The summed E-state index contributed by atoms with van der Waals surface area (Å²) in [4.78, 5) is 21.6. The minimum atomic E-state index is -1.21. The third kappa shape index (κ3) is 6.40. The molecule has 1 amide bonds. The van der Waals surface area contributed by atoms with Crippen molar-refractivity contribution in [2.24, 2.45) is 5.73 Å². The number of hydrogen-bond donors (Lipinski definition) is 2. The van der Waals surface area contributed by atoms with Gasteiger partial charge >= 0.3 is 6.01 Å². The molecule has 2 aromatic heterocycles. The topological polar surface area (TPSA) is 114 Å². The van der Waals surface area contributed by atoms with Gasteiger partial charge in [-0.1, -0.05) is 43.9 Å². The molecule has 0 fully saturated rings. The van der Waals surface area contributed by atoms with Crippen molar-refractivity contribution < 1.29 is 9.53 Å². The zero-order valence-electron chi connectivity index (χ0n) is 19.6. The van der Waals surface area contributed by atoms with Gasteiger partial charge in [-0.25, -0.2) is 4.98 Å². The second kappa shape index (κ2) is 9.73. The van der Waals surface area contributed by atoms with E-state index >= 15 is 0 Å². The van der Waals surface area contributed by atoms with Gasteiger partial charge < -0.3 is 15.8 Å². The van der Waals surface area contributed by atoms with E-state index < -0.39 is 19.4 Å². The van der Waals surface area contributed by atoms with Gasteiger partial charge in [0.2, 0.25) is 0 Å². The van der Waals surface area contributed by atoms with Crippen molar-refractivity contribution in [3.63, 3.8) is 0 Å². The van der Waals surface area contributed by atoms with Crippen LogP contribution in [0.25, 0.3) is 10.4 Å². The molecule has 3 N–H and O–H groups in total. The standard InChI is InChI=1S/C24H29N5O2SSi/c1-24(2,15-25)17-8-6-16(7-9-17)19-14-18(21(26)30)22(32-19)28-20-10-11-27-23(29-20)31-12-13-33(3,4)5/h6-11,14H,12-13H2,1-5H3,(H2,26,30)(H,27,28,29). The van der Waals surface area contributed by atoms with Gasteiger partial charge in [0.1, 0.15) is 10.8 Å². The van der Waals surface area contributed by atoms with Gasteiger partial charge in [-0.3, -0.25) is 4.79 Å². The number of carbonyl (C=O) groups is 1. The van der Waals surface area contributed by atoms with Crippen LogP contribution in [-0.2, 0) is 5.41 Å². The van der Waals surface area contributed by atoms with E-state index in [1.807, 2.05) is 38.1 Å². The van der Waals surface area contributed by atoms with E-state index in [0.717, 1.165) is 22.0 Å². The van der Waals surface area contributed by atoms with Gasteiger partial charge in [0.05, 0.1) is 23.7 Å². The van der Waals surface area contributed by atoms with Crippen molar-refractivity contribution in [1.82, 2.24) is 9.97 Å². The minimum Gasteiger partial charge on any atom is -0.464 e. The van der Waals surface area contributed by atoms with E-state index in [2.05, 4.69) is 41.0 Å². The first-order valence-corrected chi connectivity index (χ1v) is 15.2. The van der Waals surface area contributed by atoms with Gasteiger partial charge in [0, 0.05) is 19.1 Å². The largest absolute Gasteiger partial charge is 0.464 e. The molecular formula is C24H29N5O2SSi.